The molecule has 0 saturated carbocycles. The van der Waals surface area contributed by atoms with Crippen LogP contribution in [0.2, 0.25) is 0 Å². The van der Waals surface area contributed by atoms with Gasteiger partial charge in [-0.1, -0.05) is 12.2 Å². The Morgan fingerprint density at radius 2 is 2.11 bits per heavy atom. The van der Waals surface area contributed by atoms with Gasteiger partial charge in [-0.15, -0.1) is 0 Å². The molecule has 1 amide bonds. The van der Waals surface area contributed by atoms with E-state index in [1.165, 1.54) is 0 Å². The van der Waals surface area contributed by atoms with Crippen molar-refractivity contribution in [3.63, 3.8) is 0 Å². The predicted molar refractivity (Wildman–Crippen MR) is 76.4 cm³/mol. The van der Waals surface area contributed by atoms with Crippen molar-refractivity contribution in [3.8, 4) is 5.75 Å². The number of carbonyl (C=O) groups excluding carboxylic acids is 1. The molecule has 4 heteroatoms. The van der Waals surface area contributed by atoms with E-state index >= 15 is 0 Å². The van der Waals surface area contributed by atoms with Crippen molar-refractivity contribution in [1.82, 2.24) is 5.32 Å². The van der Waals surface area contributed by atoms with Gasteiger partial charge in [-0.2, -0.15) is 0 Å². The summed E-state index contributed by atoms with van der Waals surface area (Å²) in [6.45, 7) is 0.352. The normalized spacial score (nSPS) is 18.1. The van der Waals surface area contributed by atoms with Crippen LogP contribution < -0.4 is 15.4 Å². The highest BCUT2D eigenvalue weighted by atomic mass is 16.5. The Kier molecular flexibility index (Phi) is 4.98. The van der Waals surface area contributed by atoms with Gasteiger partial charge in [0.2, 0.25) is 5.91 Å². The molecule has 2 N–H and O–H groups in total. The SMILES string of the molecule is COc1ccc(NC(=O)CNC2CC=CCC2)cc1. The lowest BCUT2D eigenvalue weighted by atomic mass is 10.0. The molecule has 0 saturated heterocycles. The number of hydrogen-bond donors (Lipinski definition) is 2. The number of methoxy groups -OCH3 is 1. The number of nitrogens with one attached hydrogen (secondary N) is 2. The zero-order chi connectivity index (χ0) is 13.5. The Morgan fingerprint density at radius 3 is 2.74 bits per heavy atom. The van der Waals surface area contributed by atoms with Gasteiger partial charge in [-0.25, -0.2) is 0 Å². The molecule has 0 bridgehead atoms. The van der Waals surface area contributed by atoms with Gasteiger partial charge in [0.25, 0.3) is 0 Å². The third-order valence-corrected chi connectivity index (χ3v) is 3.19. The van der Waals surface area contributed by atoms with Gasteiger partial charge in [0.15, 0.2) is 0 Å². The molecule has 1 aromatic rings. The van der Waals surface area contributed by atoms with Crippen LogP contribution in [0.4, 0.5) is 5.69 Å². The van der Waals surface area contributed by atoms with Crippen LogP contribution in [0.5, 0.6) is 5.75 Å². The van der Waals surface area contributed by atoms with Gasteiger partial charge < -0.3 is 15.4 Å². The molecule has 0 aliphatic heterocycles. The molecule has 1 aromatic carbocycles. The molecule has 1 aliphatic carbocycles. The molecule has 0 radical (unpaired) electrons. The van der Waals surface area contributed by atoms with Gasteiger partial charge in [-0.3, -0.25) is 4.79 Å². The highest BCUT2D eigenvalue weighted by Gasteiger charge is 2.10. The van der Waals surface area contributed by atoms with Crippen LogP contribution in [0.15, 0.2) is 36.4 Å². The minimum absolute atomic E-state index is 0.0141. The Hall–Kier alpha value is -1.81. The number of amides is 1. The minimum atomic E-state index is -0.0141. The lowest BCUT2D eigenvalue weighted by Gasteiger charge is -2.19. The molecule has 4 nitrogen and oxygen atoms in total. The molecule has 1 unspecified atom stereocenters. The van der Waals surface area contributed by atoms with Gasteiger partial charge in [0, 0.05) is 11.7 Å². The van der Waals surface area contributed by atoms with E-state index in [4.69, 9.17) is 4.74 Å². The molecule has 1 aliphatic rings. The molecular formula is C15H20N2O2. The van der Waals surface area contributed by atoms with Crippen molar-refractivity contribution in [2.75, 3.05) is 19.0 Å². The topological polar surface area (TPSA) is 50.4 Å². The second-order valence-corrected chi connectivity index (χ2v) is 4.64. The lowest BCUT2D eigenvalue weighted by Crippen LogP contribution is -2.36. The number of carbonyl (C=O) groups is 1. The van der Waals surface area contributed by atoms with Gasteiger partial charge in [0.1, 0.15) is 5.75 Å². The Labute approximate surface area is 113 Å². The van der Waals surface area contributed by atoms with Crippen molar-refractivity contribution in [2.45, 2.75) is 25.3 Å². The van der Waals surface area contributed by atoms with Crippen LogP contribution in [0.1, 0.15) is 19.3 Å². The van der Waals surface area contributed by atoms with Crippen LogP contribution in [0.25, 0.3) is 0 Å². The van der Waals surface area contributed by atoms with Crippen LogP contribution >= 0.6 is 0 Å². The second kappa shape index (κ2) is 6.95. The average molecular weight is 260 g/mol. The van der Waals surface area contributed by atoms with Crippen molar-refractivity contribution in [1.29, 1.82) is 0 Å². The number of hydrogen-bond acceptors (Lipinski definition) is 3. The van der Waals surface area contributed by atoms with E-state index in [2.05, 4.69) is 22.8 Å². The average Bonchev–Trinajstić information content (AvgIpc) is 2.47. The maximum atomic E-state index is 11.8. The first-order valence-electron chi connectivity index (χ1n) is 6.60. The van der Waals surface area contributed by atoms with Crippen LogP contribution in [0, 0.1) is 0 Å². The predicted octanol–water partition coefficient (Wildman–Crippen LogP) is 2.33. The van der Waals surface area contributed by atoms with E-state index in [1.807, 2.05) is 24.3 Å². The van der Waals surface area contributed by atoms with Gasteiger partial charge in [0.05, 0.1) is 13.7 Å². The summed E-state index contributed by atoms with van der Waals surface area (Å²) in [7, 11) is 1.62. The number of anilines is 1. The smallest absolute Gasteiger partial charge is 0.238 e. The highest BCUT2D eigenvalue weighted by molar-refractivity contribution is 5.92. The minimum Gasteiger partial charge on any atom is -0.497 e. The Morgan fingerprint density at radius 1 is 1.32 bits per heavy atom. The molecule has 19 heavy (non-hydrogen) atoms. The summed E-state index contributed by atoms with van der Waals surface area (Å²) >= 11 is 0. The molecule has 0 spiro atoms. The summed E-state index contributed by atoms with van der Waals surface area (Å²) in [6, 6.07) is 7.75. The summed E-state index contributed by atoms with van der Waals surface area (Å²) in [5.41, 5.74) is 0.788. The van der Waals surface area contributed by atoms with Crippen molar-refractivity contribution < 1.29 is 9.53 Å². The summed E-state index contributed by atoms with van der Waals surface area (Å²) < 4.78 is 5.07. The summed E-state index contributed by atoms with van der Waals surface area (Å²) in [5, 5.41) is 6.13. The molecule has 1 atom stereocenters. The third-order valence-electron chi connectivity index (χ3n) is 3.19. The molecule has 0 fully saturated rings. The van der Waals surface area contributed by atoms with E-state index < -0.39 is 0 Å². The third kappa shape index (κ3) is 4.41. The van der Waals surface area contributed by atoms with Gasteiger partial charge >= 0.3 is 0 Å². The number of allylic oxidation sites excluding steroid dienone is 1. The van der Waals surface area contributed by atoms with Crippen molar-refractivity contribution in [2.24, 2.45) is 0 Å². The summed E-state index contributed by atoms with van der Waals surface area (Å²) in [5.74, 6) is 0.768. The molecule has 2 rings (SSSR count). The fourth-order valence-corrected chi connectivity index (χ4v) is 2.10. The largest absolute Gasteiger partial charge is 0.497 e. The second-order valence-electron chi connectivity index (χ2n) is 4.64. The fourth-order valence-electron chi connectivity index (χ4n) is 2.10. The fraction of sp³-hybridized carbons (Fsp3) is 0.400. The highest BCUT2D eigenvalue weighted by Crippen LogP contribution is 2.15. The number of rotatable bonds is 5. The maximum absolute atomic E-state index is 11.8. The molecule has 0 aromatic heterocycles. The van der Waals surface area contributed by atoms with E-state index in [0.717, 1.165) is 30.7 Å². The van der Waals surface area contributed by atoms with Crippen molar-refractivity contribution >= 4 is 11.6 Å². The van der Waals surface area contributed by atoms with E-state index in [-0.39, 0.29) is 5.91 Å². The molecule has 102 valence electrons. The van der Waals surface area contributed by atoms with Crippen LogP contribution in [-0.2, 0) is 4.79 Å². The Bertz CT molecular complexity index is 440. The quantitative estimate of drug-likeness (QED) is 0.799. The van der Waals surface area contributed by atoms with Crippen LogP contribution in [-0.4, -0.2) is 25.6 Å². The molecular weight excluding hydrogens is 240 g/mol. The number of benzene rings is 1. The van der Waals surface area contributed by atoms with Crippen molar-refractivity contribution in [3.05, 3.63) is 36.4 Å². The van der Waals surface area contributed by atoms with E-state index in [9.17, 15) is 4.79 Å². The first kappa shape index (κ1) is 13.6. The maximum Gasteiger partial charge on any atom is 0.238 e. The Balaban J connectivity index is 1.75. The first-order valence-corrected chi connectivity index (χ1v) is 6.60. The summed E-state index contributed by atoms with van der Waals surface area (Å²) in [6.07, 6.45) is 7.57. The number of ether oxygens (including phenoxy) is 1. The zero-order valence-corrected chi connectivity index (χ0v) is 11.2. The first-order chi connectivity index (χ1) is 9.28. The van der Waals surface area contributed by atoms with E-state index in [0.29, 0.717) is 12.6 Å². The lowest BCUT2D eigenvalue weighted by molar-refractivity contribution is -0.115. The standard InChI is InChI=1S/C15H20N2O2/c1-19-14-9-7-13(8-10-14)17-15(18)11-16-12-5-3-2-4-6-12/h2-3,7-10,12,16H,4-6,11H2,1H3,(H,17,18). The molecule has 0 heterocycles. The van der Waals surface area contributed by atoms with E-state index in [1.54, 1.807) is 7.11 Å². The van der Waals surface area contributed by atoms with Crippen LogP contribution in [0.3, 0.4) is 0 Å². The van der Waals surface area contributed by atoms with Gasteiger partial charge in [-0.05, 0) is 43.5 Å². The summed E-state index contributed by atoms with van der Waals surface area (Å²) in [4.78, 5) is 11.8. The zero-order valence-electron chi connectivity index (χ0n) is 11.2. The monoisotopic (exact) mass is 260 g/mol.